The molecule has 0 amide bonds. The lowest BCUT2D eigenvalue weighted by molar-refractivity contribution is 0.0690. The lowest BCUT2D eigenvalue weighted by atomic mass is 9.86. The van der Waals surface area contributed by atoms with Crippen molar-refractivity contribution in [3.05, 3.63) is 0 Å². The van der Waals surface area contributed by atoms with Gasteiger partial charge in [0.05, 0.1) is 6.10 Å². The third-order valence-corrected chi connectivity index (χ3v) is 4.24. The Morgan fingerprint density at radius 1 is 1.25 bits per heavy atom. The van der Waals surface area contributed by atoms with Crippen molar-refractivity contribution in [2.45, 2.75) is 77.0 Å². The Morgan fingerprint density at radius 2 is 2.12 bits per heavy atom. The summed E-state index contributed by atoms with van der Waals surface area (Å²) >= 11 is 0. The summed E-state index contributed by atoms with van der Waals surface area (Å²) < 4.78 is 5.81. The summed E-state index contributed by atoms with van der Waals surface area (Å²) in [6.07, 6.45) is 9.77. The van der Waals surface area contributed by atoms with Crippen LogP contribution in [0, 0.1) is 5.92 Å². The lowest BCUT2D eigenvalue weighted by Gasteiger charge is -2.33. The first-order valence-electron chi connectivity index (χ1n) is 7.17. The van der Waals surface area contributed by atoms with Crippen molar-refractivity contribution in [1.82, 2.24) is 5.32 Å². The van der Waals surface area contributed by atoms with Crippen LogP contribution in [0.25, 0.3) is 0 Å². The van der Waals surface area contributed by atoms with E-state index < -0.39 is 0 Å². The fraction of sp³-hybridized carbons (Fsp3) is 1.00. The molecule has 4 unspecified atom stereocenters. The highest BCUT2D eigenvalue weighted by atomic mass is 16.5. The van der Waals surface area contributed by atoms with E-state index in [1.165, 1.54) is 44.9 Å². The average molecular weight is 225 g/mol. The maximum Gasteiger partial charge on any atom is 0.0728 e. The second kappa shape index (κ2) is 6.02. The van der Waals surface area contributed by atoms with Crippen LogP contribution in [0.1, 0.15) is 58.8 Å². The predicted octanol–water partition coefficient (Wildman–Crippen LogP) is 3.11. The first-order chi connectivity index (χ1) is 7.79. The second-order valence-electron chi connectivity index (χ2n) is 5.70. The van der Waals surface area contributed by atoms with Gasteiger partial charge in [-0.2, -0.15) is 0 Å². The van der Waals surface area contributed by atoms with Gasteiger partial charge >= 0.3 is 0 Å². The first-order valence-corrected chi connectivity index (χ1v) is 7.17. The number of hydrogen-bond donors (Lipinski definition) is 1. The van der Waals surface area contributed by atoms with Crippen LogP contribution in [0.15, 0.2) is 0 Å². The third kappa shape index (κ3) is 3.21. The summed E-state index contributed by atoms with van der Waals surface area (Å²) in [4.78, 5) is 0. The van der Waals surface area contributed by atoms with Gasteiger partial charge in [-0.05, 0) is 38.0 Å². The van der Waals surface area contributed by atoms with Crippen LogP contribution in [-0.4, -0.2) is 24.8 Å². The topological polar surface area (TPSA) is 21.3 Å². The highest BCUT2D eigenvalue weighted by Gasteiger charge is 2.28. The minimum atomic E-state index is 0.488. The lowest BCUT2D eigenvalue weighted by Crippen LogP contribution is -2.46. The van der Waals surface area contributed by atoms with Gasteiger partial charge < -0.3 is 10.1 Å². The number of hydrogen-bond acceptors (Lipinski definition) is 2. The Morgan fingerprint density at radius 3 is 2.75 bits per heavy atom. The van der Waals surface area contributed by atoms with Crippen LogP contribution in [0.3, 0.4) is 0 Å². The van der Waals surface area contributed by atoms with Crippen molar-refractivity contribution in [2.24, 2.45) is 5.92 Å². The molecule has 94 valence electrons. The molecule has 2 fully saturated rings. The molecule has 1 saturated carbocycles. The molecule has 0 spiro atoms. The summed E-state index contributed by atoms with van der Waals surface area (Å²) in [5.41, 5.74) is 0. The van der Waals surface area contributed by atoms with Crippen LogP contribution in [0.5, 0.6) is 0 Å². The fourth-order valence-corrected chi connectivity index (χ4v) is 3.30. The van der Waals surface area contributed by atoms with Gasteiger partial charge in [0.15, 0.2) is 0 Å². The molecule has 2 aliphatic rings. The number of ether oxygens (including phenoxy) is 1. The Bertz CT molecular complexity index is 201. The molecule has 2 heteroatoms. The Kier molecular flexibility index (Phi) is 4.66. The van der Waals surface area contributed by atoms with Crippen molar-refractivity contribution in [2.75, 3.05) is 6.61 Å². The molecule has 1 N–H and O–H groups in total. The fourth-order valence-electron chi connectivity index (χ4n) is 3.30. The monoisotopic (exact) mass is 225 g/mol. The zero-order valence-electron chi connectivity index (χ0n) is 10.9. The molecule has 2 rings (SSSR count). The van der Waals surface area contributed by atoms with E-state index in [-0.39, 0.29) is 0 Å². The molecule has 1 heterocycles. The van der Waals surface area contributed by atoms with Crippen molar-refractivity contribution in [1.29, 1.82) is 0 Å². The Hall–Kier alpha value is -0.0800. The van der Waals surface area contributed by atoms with Crippen LogP contribution < -0.4 is 5.32 Å². The van der Waals surface area contributed by atoms with Gasteiger partial charge in [0, 0.05) is 18.7 Å². The molecule has 1 aliphatic carbocycles. The highest BCUT2D eigenvalue weighted by Crippen LogP contribution is 2.25. The van der Waals surface area contributed by atoms with Gasteiger partial charge in [0.1, 0.15) is 0 Å². The molecule has 1 aliphatic heterocycles. The normalized spacial score (nSPS) is 37.5. The third-order valence-electron chi connectivity index (χ3n) is 4.24. The Balaban J connectivity index is 1.80. The summed E-state index contributed by atoms with van der Waals surface area (Å²) in [7, 11) is 0. The van der Waals surface area contributed by atoms with E-state index in [4.69, 9.17) is 4.74 Å². The van der Waals surface area contributed by atoms with Gasteiger partial charge in [-0.1, -0.05) is 26.7 Å². The molecule has 4 atom stereocenters. The molecule has 0 radical (unpaired) electrons. The molecular formula is C14H27NO. The van der Waals surface area contributed by atoms with Gasteiger partial charge in [-0.25, -0.2) is 0 Å². The molecule has 0 bridgehead atoms. The maximum absolute atomic E-state index is 5.81. The molecule has 0 aromatic rings. The van der Waals surface area contributed by atoms with Gasteiger partial charge in [-0.15, -0.1) is 0 Å². The van der Waals surface area contributed by atoms with Crippen molar-refractivity contribution in [3.8, 4) is 0 Å². The zero-order valence-corrected chi connectivity index (χ0v) is 10.9. The van der Waals surface area contributed by atoms with Gasteiger partial charge in [0.25, 0.3) is 0 Å². The summed E-state index contributed by atoms with van der Waals surface area (Å²) in [6.45, 7) is 5.65. The largest absolute Gasteiger partial charge is 0.377 e. The van der Waals surface area contributed by atoms with E-state index in [0.717, 1.165) is 18.6 Å². The van der Waals surface area contributed by atoms with Gasteiger partial charge in [0.2, 0.25) is 0 Å². The summed E-state index contributed by atoms with van der Waals surface area (Å²) in [6, 6.07) is 1.34. The molecule has 0 aromatic heterocycles. The van der Waals surface area contributed by atoms with Crippen molar-refractivity contribution in [3.63, 3.8) is 0 Å². The van der Waals surface area contributed by atoms with Crippen molar-refractivity contribution < 1.29 is 4.74 Å². The zero-order chi connectivity index (χ0) is 11.4. The maximum atomic E-state index is 5.81. The van der Waals surface area contributed by atoms with Crippen molar-refractivity contribution >= 4 is 0 Å². The van der Waals surface area contributed by atoms with Crippen LogP contribution >= 0.6 is 0 Å². The smallest absolute Gasteiger partial charge is 0.0728 e. The SMILES string of the molecule is CCC(NC1CCCC(C)C1)C1CCCO1. The van der Waals surface area contributed by atoms with E-state index in [1.807, 2.05) is 0 Å². The van der Waals surface area contributed by atoms with E-state index in [1.54, 1.807) is 0 Å². The number of nitrogens with one attached hydrogen (secondary N) is 1. The molecule has 2 nitrogen and oxygen atoms in total. The molecular weight excluding hydrogens is 198 g/mol. The second-order valence-corrected chi connectivity index (χ2v) is 5.70. The quantitative estimate of drug-likeness (QED) is 0.794. The standard InChI is InChI=1S/C14H27NO/c1-3-13(14-8-5-9-16-14)15-12-7-4-6-11(2)10-12/h11-15H,3-10H2,1-2H3. The Labute approximate surface area is 100 Å². The number of rotatable bonds is 4. The van der Waals surface area contributed by atoms with Crippen LogP contribution in [-0.2, 0) is 4.74 Å². The minimum absolute atomic E-state index is 0.488. The summed E-state index contributed by atoms with van der Waals surface area (Å²) in [5, 5.41) is 3.85. The summed E-state index contributed by atoms with van der Waals surface area (Å²) in [5.74, 6) is 0.910. The van der Waals surface area contributed by atoms with Gasteiger partial charge in [-0.3, -0.25) is 0 Å². The molecule has 16 heavy (non-hydrogen) atoms. The van der Waals surface area contributed by atoms with E-state index in [9.17, 15) is 0 Å². The predicted molar refractivity (Wildman–Crippen MR) is 67.6 cm³/mol. The molecule has 0 aromatic carbocycles. The van der Waals surface area contributed by atoms with E-state index in [2.05, 4.69) is 19.2 Å². The molecule has 1 saturated heterocycles. The minimum Gasteiger partial charge on any atom is -0.377 e. The average Bonchev–Trinajstić information content (AvgIpc) is 2.79. The van der Waals surface area contributed by atoms with E-state index in [0.29, 0.717) is 12.1 Å². The van der Waals surface area contributed by atoms with E-state index >= 15 is 0 Å². The highest BCUT2D eigenvalue weighted by molar-refractivity contribution is 4.85. The van der Waals surface area contributed by atoms with Crippen LogP contribution in [0.2, 0.25) is 0 Å². The first kappa shape index (κ1) is 12.4. The van der Waals surface area contributed by atoms with Crippen LogP contribution in [0.4, 0.5) is 0 Å².